The van der Waals surface area contributed by atoms with Crippen molar-refractivity contribution in [2.24, 2.45) is 13.0 Å². The van der Waals surface area contributed by atoms with Gasteiger partial charge in [-0.05, 0) is 25.7 Å². The Hall–Kier alpha value is -0.580. The molecule has 1 fully saturated rings. The van der Waals surface area contributed by atoms with E-state index in [-0.39, 0.29) is 0 Å². The predicted molar refractivity (Wildman–Crippen MR) is 77.2 cm³/mol. The summed E-state index contributed by atoms with van der Waals surface area (Å²) in [7, 11) is 1.90. The van der Waals surface area contributed by atoms with E-state index < -0.39 is 5.60 Å². The molecule has 1 aliphatic rings. The fourth-order valence-electron chi connectivity index (χ4n) is 3.08. The molecule has 0 amide bonds. The number of nitrogens with one attached hydrogen (secondary N) is 1. The highest BCUT2D eigenvalue weighted by atomic mass is 35.5. The lowest BCUT2D eigenvalue weighted by Crippen LogP contribution is -2.44. The van der Waals surface area contributed by atoms with Gasteiger partial charge in [0.15, 0.2) is 0 Å². The minimum atomic E-state index is -0.558. The van der Waals surface area contributed by atoms with Gasteiger partial charge < -0.3 is 10.4 Å². The van der Waals surface area contributed by atoms with Crippen LogP contribution < -0.4 is 5.32 Å². The first-order chi connectivity index (χ1) is 8.91. The molecule has 2 rings (SSSR count). The molecule has 0 saturated heterocycles. The van der Waals surface area contributed by atoms with Crippen LogP contribution in [0, 0.1) is 12.8 Å². The third-order valence-corrected chi connectivity index (χ3v) is 4.57. The van der Waals surface area contributed by atoms with Crippen LogP contribution in [0.25, 0.3) is 0 Å². The van der Waals surface area contributed by atoms with Crippen molar-refractivity contribution in [2.75, 3.05) is 6.54 Å². The molecule has 0 bridgehead atoms. The van der Waals surface area contributed by atoms with E-state index in [0.29, 0.717) is 19.0 Å². The molecule has 0 aliphatic heterocycles. The van der Waals surface area contributed by atoms with Crippen molar-refractivity contribution in [1.29, 1.82) is 0 Å². The first-order valence-corrected chi connectivity index (χ1v) is 7.40. The number of nitrogens with zero attached hydrogens (tertiary/aromatic N) is 2. The second kappa shape index (κ2) is 5.81. The van der Waals surface area contributed by atoms with Gasteiger partial charge in [-0.3, -0.25) is 4.68 Å². The molecule has 19 heavy (non-hydrogen) atoms. The zero-order valence-corrected chi connectivity index (χ0v) is 12.8. The second-order valence-electron chi connectivity index (χ2n) is 6.00. The quantitative estimate of drug-likeness (QED) is 0.893. The molecule has 0 spiro atoms. The van der Waals surface area contributed by atoms with E-state index in [1.807, 2.05) is 14.0 Å². The Morgan fingerprint density at radius 1 is 1.58 bits per heavy atom. The summed E-state index contributed by atoms with van der Waals surface area (Å²) in [5, 5.41) is 18.9. The SMILES string of the molecule is Cc1nn(C)c(CNCC2(O)CCCC(C)C2)c1Cl. The Balaban J connectivity index is 1.89. The number of aliphatic hydroxyl groups is 1. The lowest BCUT2D eigenvalue weighted by molar-refractivity contribution is -0.0120. The van der Waals surface area contributed by atoms with E-state index in [2.05, 4.69) is 17.3 Å². The Bertz CT molecular complexity index is 446. The molecule has 0 aromatic carbocycles. The lowest BCUT2D eigenvalue weighted by Gasteiger charge is -2.35. The van der Waals surface area contributed by atoms with Gasteiger partial charge in [0.05, 0.1) is 22.0 Å². The van der Waals surface area contributed by atoms with Crippen molar-refractivity contribution in [2.45, 2.75) is 51.7 Å². The van der Waals surface area contributed by atoms with Gasteiger partial charge in [0.25, 0.3) is 0 Å². The van der Waals surface area contributed by atoms with E-state index in [1.165, 1.54) is 6.42 Å². The second-order valence-corrected chi connectivity index (χ2v) is 6.38. The third kappa shape index (κ3) is 3.50. The van der Waals surface area contributed by atoms with Crippen molar-refractivity contribution in [3.63, 3.8) is 0 Å². The van der Waals surface area contributed by atoms with Gasteiger partial charge >= 0.3 is 0 Å². The number of hydrogen-bond acceptors (Lipinski definition) is 3. The van der Waals surface area contributed by atoms with Gasteiger partial charge in [-0.1, -0.05) is 31.4 Å². The molecule has 5 heteroatoms. The van der Waals surface area contributed by atoms with Gasteiger partial charge in [-0.25, -0.2) is 0 Å². The van der Waals surface area contributed by atoms with Gasteiger partial charge in [-0.2, -0.15) is 5.10 Å². The summed E-state index contributed by atoms with van der Waals surface area (Å²) in [5.74, 6) is 0.614. The monoisotopic (exact) mass is 285 g/mol. The highest BCUT2D eigenvalue weighted by molar-refractivity contribution is 6.31. The van der Waals surface area contributed by atoms with E-state index in [1.54, 1.807) is 4.68 Å². The molecule has 2 unspecified atom stereocenters. The Morgan fingerprint density at radius 2 is 2.32 bits per heavy atom. The van der Waals surface area contributed by atoms with Crippen LogP contribution in [-0.4, -0.2) is 27.0 Å². The largest absolute Gasteiger partial charge is 0.389 e. The van der Waals surface area contributed by atoms with Crippen LogP contribution >= 0.6 is 11.6 Å². The molecule has 1 saturated carbocycles. The lowest BCUT2D eigenvalue weighted by atomic mass is 9.79. The van der Waals surface area contributed by atoms with Crippen molar-refractivity contribution in [3.05, 3.63) is 16.4 Å². The highest BCUT2D eigenvalue weighted by Gasteiger charge is 2.32. The molecule has 0 radical (unpaired) electrons. The van der Waals surface area contributed by atoms with Gasteiger partial charge in [0, 0.05) is 20.1 Å². The van der Waals surface area contributed by atoms with E-state index >= 15 is 0 Å². The van der Waals surface area contributed by atoms with Crippen LogP contribution in [0.15, 0.2) is 0 Å². The number of rotatable bonds is 4. The molecule has 2 N–H and O–H groups in total. The minimum absolute atomic E-state index is 0.558. The van der Waals surface area contributed by atoms with E-state index in [9.17, 15) is 5.11 Å². The number of aromatic nitrogens is 2. The molecule has 1 aliphatic carbocycles. The molecule has 1 aromatic heterocycles. The molecule has 2 atom stereocenters. The maximum Gasteiger partial charge on any atom is 0.0860 e. The molecular formula is C14H24ClN3O. The van der Waals surface area contributed by atoms with Crippen LogP contribution in [0.4, 0.5) is 0 Å². The average molecular weight is 286 g/mol. The highest BCUT2D eigenvalue weighted by Crippen LogP contribution is 2.31. The standard InChI is InChI=1S/C14H24ClN3O/c1-10-5-4-6-14(19,7-10)9-16-8-12-13(15)11(2)17-18(12)3/h10,16,19H,4-9H2,1-3H3. The third-order valence-electron chi connectivity index (χ3n) is 4.08. The van der Waals surface area contributed by atoms with Crippen LogP contribution in [0.2, 0.25) is 5.02 Å². The zero-order chi connectivity index (χ0) is 14.0. The maximum absolute atomic E-state index is 10.5. The fraction of sp³-hybridized carbons (Fsp3) is 0.786. The van der Waals surface area contributed by atoms with E-state index in [4.69, 9.17) is 11.6 Å². The Labute approximate surface area is 120 Å². The number of hydrogen-bond donors (Lipinski definition) is 2. The first kappa shape index (κ1) is 14.8. The summed E-state index contributed by atoms with van der Waals surface area (Å²) in [6.45, 7) is 5.39. The summed E-state index contributed by atoms with van der Waals surface area (Å²) < 4.78 is 1.80. The maximum atomic E-state index is 10.5. The van der Waals surface area contributed by atoms with Gasteiger partial charge in [-0.15, -0.1) is 0 Å². The predicted octanol–water partition coefficient (Wildman–Crippen LogP) is 2.41. The Kier molecular flexibility index (Phi) is 4.54. The zero-order valence-electron chi connectivity index (χ0n) is 12.0. The van der Waals surface area contributed by atoms with Crippen molar-refractivity contribution in [1.82, 2.24) is 15.1 Å². The van der Waals surface area contributed by atoms with Crippen molar-refractivity contribution < 1.29 is 5.11 Å². The molecule has 1 aromatic rings. The van der Waals surface area contributed by atoms with Crippen molar-refractivity contribution >= 4 is 11.6 Å². The topological polar surface area (TPSA) is 50.1 Å². The van der Waals surface area contributed by atoms with Crippen LogP contribution in [0.3, 0.4) is 0 Å². The molecule has 108 valence electrons. The summed E-state index contributed by atoms with van der Waals surface area (Å²) in [4.78, 5) is 0. The molecular weight excluding hydrogens is 262 g/mol. The van der Waals surface area contributed by atoms with Gasteiger partial charge in [0.2, 0.25) is 0 Å². The normalized spacial score (nSPS) is 27.7. The van der Waals surface area contributed by atoms with E-state index in [0.717, 1.165) is 35.7 Å². The van der Waals surface area contributed by atoms with Crippen molar-refractivity contribution in [3.8, 4) is 0 Å². The number of aryl methyl sites for hydroxylation is 2. The molecule has 4 nitrogen and oxygen atoms in total. The summed E-state index contributed by atoms with van der Waals surface area (Å²) >= 11 is 6.21. The summed E-state index contributed by atoms with van der Waals surface area (Å²) in [5.41, 5.74) is 1.27. The summed E-state index contributed by atoms with van der Waals surface area (Å²) in [6.07, 6.45) is 4.13. The van der Waals surface area contributed by atoms with Crippen LogP contribution in [-0.2, 0) is 13.6 Å². The fourth-order valence-corrected chi connectivity index (χ4v) is 3.31. The average Bonchev–Trinajstić information content (AvgIpc) is 2.55. The Morgan fingerprint density at radius 3 is 2.89 bits per heavy atom. The van der Waals surface area contributed by atoms with Crippen LogP contribution in [0.1, 0.15) is 44.0 Å². The minimum Gasteiger partial charge on any atom is -0.389 e. The van der Waals surface area contributed by atoms with Crippen LogP contribution in [0.5, 0.6) is 0 Å². The van der Waals surface area contributed by atoms with Gasteiger partial charge in [0.1, 0.15) is 0 Å². The smallest absolute Gasteiger partial charge is 0.0860 e. The first-order valence-electron chi connectivity index (χ1n) is 7.02. The number of halogens is 1. The summed E-state index contributed by atoms with van der Waals surface area (Å²) in [6, 6.07) is 0. The molecule has 1 heterocycles.